The maximum Gasteiger partial charge on any atom is 0.410 e. The molecule has 116 valence electrons. The summed E-state index contributed by atoms with van der Waals surface area (Å²) in [6, 6.07) is 5.88. The topological polar surface area (TPSA) is 38.8 Å². The van der Waals surface area contributed by atoms with E-state index >= 15 is 0 Å². The van der Waals surface area contributed by atoms with E-state index in [1.807, 2.05) is 43.9 Å². The molecular weight excluding hydrogens is 334 g/mol. The maximum atomic E-state index is 12.4. The second-order valence-electron chi connectivity index (χ2n) is 6.22. The summed E-state index contributed by atoms with van der Waals surface area (Å²) in [5, 5.41) is 0. The monoisotopic (exact) mass is 355 g/mol. The highest BCUT2D eigenvalue weighted by Crippen LogP contribution is 2.38. The molecule has 1 aromatic rings. The molecule has 0 aliphatic carbocycles. The molecule has 5 heteroatoms. The third-order valence-corrected chi connectivity index (χ3v) is 4.17. The molecule has 21 heavy (non-hydrogen) atoms. The molecule has 2 rings (SSSR count). The Balaban J connectivity index is 2.24. The lowest BCUT2D eigenvalue weighted by Crippen LogP contribution is -2.36. The van der Waals surface area contributed by atoms with Gasteiger partial charge in [0.2, 0.25) is 0 Å². The average molecular weight is 356 g/mol. The van der Waals surface area contributed by atoms with Crippen molar-refractivity contribution >= 4 is 22.0 Å². The fourth-order valence-electron chi connectivity index (χ4n) is 2.53. The molecule has 1 saturated heterocycles. The average Bonchev–Trinajstić information content (AvgIpc) is 2.86. The number of carbonyl (C=O) groups excluding carboxylic acids is 1. The van der Waals surface area contributed by atoms with Gasteiger partial charge >= 0.3 is 6.09 Å². The predicted octanol–water partition coefficient (Wildman–Crippen LogP) is 4.53. The Labute approximate surface area is 134 Å². The van der Waals surface area contributed by atoms with E-state index in [0.717, 1.165) is 35.2 Å². The molecular formula is C16H22BrNO3. The van der Waals surface area contributed by atoms with Gasteiger partial charge in [0.15, 0.2) is 0 Å². The van der Waals surface area contributed by atoms with E-state index in [1.54, 1.807) is 7.11 Å². The molecule has 1 amide bonds. The first-order valence-corrected chi connectivity index (χ1v) is 7.94. The lowest BCUT2D eigenvalue weighted by molar-refractivity contribution is 0.0224. The Morgan fingerprint density at radius 1 is 1.38 bits per heavy atom. The van der Waals surface area contributed by atoms with Crippen LogP contribution in [0.4, 0.5) is 4.79 Å². The number of rotatable bonds is 2. The summed E-state index contributed by atoms with van der Waals surface area (Å²) in [7, 11) is 1.65. The smallest absolute Gasteiger partial charge is 0.410 e. The van der Waals surface area contributed by atoms with Gasteiger partial charge < -0.3 is 14.4 Å². The largest absolute Gasteiger partial charge is 0.497 e. The van der Waals surface area contributed by atoms with Crippen LogP contribution in [0.3, 0.4) is 0 Å². The quantitative estimate of drug-likeness (QED) is 0.782. The van der Waals surface area contributed by atoms with E-state index in [2.05, 4.69) is 15.9 Å². The number of likely N-dealkylation sites (tertiary alicyclic amines) is 1. The van der Waals surface area contributed by atoms with Crippen LogP contribution >= 0.6 is 15.9 Å². The number of ether oxygens (including phenoxy) is 2. The Morgan fingerprint density at radius 2 is 2.10 bits per heavy atom. The lowest BCUT2D eigenvalue weighted by atomic mass is 10.0. The van der Waals surface area contributed by atoms with Crippen molar-refractivity contribution < 1.29 is 14.3 Å². The van der Waals surface area contributed by atoms with Crippen LogP contribution in [-0.2, 0) is 4.74 Å². The van der Waals surface area contributed by atoms with E-state index in [0.29, 0.717) is 0 Å². The van der Waals surface area contributed by atoms with Crippen molar-refractivity contribution in [2.75, 3.05) is 13.7 Å². The van der Waals surface area contributed by atoms with E-state index in [-0.39, 0.29) is 12.1 Å². The van der Waals surface area contributed by atoms with Gasteiger partial charge in [-0.2, -0.15) is 0 Å². The highest BCUT2D eigenvalue weighted by Gasteiger charge is 2.34. The lowest BCUT2D eigenvalue weighted by Gasteiger charge is -2.29. The fraction of sp³-hybridized carbons (Fsp3) is 0.562. The standard InChI is InChI=1S/C16H22BrNO3/c1-16(2,3)21-15(19)18-9-5-6-14(18)12-10-11(20-4)7-8-13(12)17/h7-8,10,14H,5-6,9H2,1-4H3/t14-/m0/s1. The Hall–Kier alpha value is -1.23. The highest BCUT2D eigenvalue weighted by atomic mass is 79.9. The van der Waals surface area contributed by atoms with Crippen LogP contribution in [-0.4, -0.2) is 30.2 Å². The SMILES string of the molecule is COc1ccc(Br)c([C@@H]2CCCN2C(=O)OC(C)(C)C)c1. The Kier molecular flexibility index (Phi) is 4.81. The van der Waals surface area contributed by atoms with E-state index < -0.39 is 5.60 Å². The summed E-state index contributed by atoms with van der Waals surface area (Å²) in [5.74, 6) is 0.796. The van der Waals surface area contributed by atoms with Crippen LogP contribution in [0.1, 0.15) is 45.2 Å². The molecule has 4 nitrogen and oxygen atoms in total. The summed E-state index contributed by atoms with van der Waals surface area (Å²) >= 11 is 3.57. The van der Waals surface area contributed by atoms with Crippen LogP contribution in [0.15, 0.2) is 22.7 Å². The molecule has 1 heterocycles. The Morgan fingerprint density at radius 3 is 2.71 bits per heavy atom. The zero-order chi connectivity index (χ0) is 15.6. The summed E-state index contributed by atoms with van der Waals surface area (Å²) < 4.78 is 11.8. The third-order valence-electron chi connectivity index (χ3n) is 3.44. The number of nitrogens with zero attached hydrogens (tertiary/aromatic N) is 1. The van der Waals surface area contributed by atoms with Gasteiger partial charge in [-0.3, -0.25) is 0 Å². The van der Waals surface area contributed by atoms with Crippen molar-refractivity contribution in [1.29, 1.82) is 0 Å². The number of hydrogen-bond acceptors (Lipinski definition) is 3. The van der Waals surface area contributed by atoms with Crippen LogP contribution < -0.4 is 4.74 Å². The highest BCUT2D eigenvalue weighted by molar-refractivity contribution is 9.10. The molecule has 0 unspecified atom stereocenters. The molecule has 0 spiro atoms. The first-order chi connectivity index (χ1) is 9.81. The minimum Gasteiger partial charge on any atom is -0.497 e. The summed E-state index contributed by atoms with van der Waals surface area (Å²) in [4.78, 5) is 14.2. The molecule has 0 N–H and O–H groups in total. The van der Waals surface area contributed by atoms with Crippen molar-refractivity contribution in [3.8, 4) is 5.75 Å². The summed E-state index contributed by atoms with van der Waals surface area (Å²) in [6.07, 6.45) is 1.66. The zero-order valence-electron chi connectivity index (χ0n) is 13.0. The number of benzene rings is 1. The number of methoxy groups -OCH3 is 1. The first kappa shape index (κ1) is 16.1. The van der Waals surface area contributed by atoms with Crippen LogP contribution in [0.5, 0.6) is 5.75 Å². The first-order valence-electron chi connectivity index (χ1n) is 7.15. The van der Waals surface area contributed by atoms with Crippen LogP contribution in [0.25, 0.3) is 0 Å². The van der Waals surface area contributed by atoms with Gasteiger partial charge in [-0.05, 0) is 57.4 Å². The van der Waals surface area contributed by atoms with Gasteiger partial charge in [-0.1, -0.05) is 15.9 Å². The molecule has 0 bridgehead atoms. The number of hydrogen-bond donors (Lipinski definition) is 0. The van der Waals surface area contributed by atoms with Crippen LogP contribution in [0.2, 0.25) is 0 Å². The zero-order valence-corrected chi connectivity index (χ0v) is 14.6. The maximum absolute atomic E-state index is 12.4. The number of carbonyl (C=O) groups is 1. The molecule has 1 aliphatic heterocycles. The van der Waals surface area contributed by atoms with Gasteiger partial charge in [-0.25, -0.2) is 4.79 Å². The molecule has 1 aliphatic rings. The number of amides is 1. The van der Waals surface area contributed by atoms with Crippen molar-refractivity contribution in [1.82, 2.24) is 4.90 Å². The normalized spacial score (nSPS) is 18.7. The van der Waals surface area contributed by atoms with E-state index in [9.17, 15) is 4.79 Å². The van der Waals surface area contributed by atoms with Gasteiger partial charge in [0.05, 0.1) is 13.2 Å². The van der Waals surface area contributed by atoms with Crippen molar-refractivity contribution in [2.45, 2.75) is 45.3 Å². The van der Waals surface area contributed by atoms with E-state index in [1.165, 1.54) is 0 Å². The molecule has 0 radical (unpaired) electrons. The van der Waals surface area contributed by atoms with Crippen molar-refractivity contribution in [3.05, 3.63) is 28.2 Å². The van der Waals surface area contributed by atoms with Gasteiger partial charge in [-0.15, -0.1) is 0 Å². The summed E-state index contributed by atoms with van der Waals surface area (Å²) in [5.41, 5.74) is 0.591. The minimum atomic E-state index is -0.476. The molecule has 1 fully saturated rings. The van der Waals surface area contributed by atoms with Gasteiger partial charge in [0.1, 0.15) is 11.4 Å². The summed E-state index contributed by atoms with van der Waals surface area (Å²) in [6.45, 7) is 6.38. The van der Waals surface area contributed by atoms with E-state index in [4.69, 9.17) is 9.47 Å². The van der Waals surface area contributed by atoms with Crippen LogP contribution in [0, 0.1) is 0 Å². The van der Waals surface area contributed by atoms with Crippen molar-refractivity contribution in [2.24, 2.45) is 0 Å². The Bertz CT molecular complexity index is 525. The third kappa shape index (κ3) is 3.90. The predicted molar refractivity (Wildman–Crippen MR) is 85.6 cm³/mol. The molecule has 0 aromatic heterocycles. The van der Waals surface area contributed by atoms with Gasteiger partial charge in [0, 0.05) is 11.0 Å². The van der Waals surface area contributed by atoms with Gasteiger partial charge in [0.25, 0.3) is 0 Å². The molecule has 1 atom stereocenters. The molecule has 1 aromatic carbocycles. The second kappa shape index (κ2) is 6.26. The molecule has 0 saturated carbocycles. The second-order valence-corrected chi connectivity index (χ2v) is 7.07. The fourth-order valence-corrected chi connectivity index (χ4v) is 3.04. The number of halogens is 1. The van der Waals surface area contributed by atoms with Crippen molar-refractivity contribution in [3.63, 3.8) is 0 Å². The minimum absolute atomic E-state index is 0.0318.